The first-order valence-corrected chi connectivity index (χ1v) is 9.95. The van der Waals surface area contributed by atoms with Crippen LogP contribution in [0, 0.1) is 13.8 Å². The summed E-state index contributed by atoms with van der Waals surface area (Å²) in [6, 6.07) is 20.1. The molecule has 4 rings (SSSR count). The molecule has 2 heterocycles. The zero-order valence-electron chi connectivity index (χ0n) is 17.5. The van der Waals surface area contributed by atoms with Crippen LogP contribution in [0.15, 0.2) is 66.9 Å². The van der Waals surface area contributed by atoms with E-state index in [0.29, 0.717) is 18.8 Å². The summed E-state index contributed by atoms with van der Waals surface area (Å²) in [6.07, 6.45) is 1.84. The van der Waals surface area contributed by atoms with Crippen molar-refractivity contribution in [1.29, 1.82) is 0 Å². The number of aromatic nitrogens is 3. The number of aryl methyl sites for hydroxylation is 2. The third kappa shape index (κ3) is 4.33. The van der Waals surface area contributed by atoms with Crippen molar-refractivity contribution in [2.75, 3.05) is 11.9 Å². The number of nitrogens with zero attached hydrogens (tertiary/aromatic N) is 4. The normalized spacial score (nSPS) is 10.9. The Kier molecular flexibility index (Phi) is 5.48. The molecule has 4 aromatic rings. The summed E-state index contributed by atoms with van der Waals surface area (Å²) in [6.45, 7) is 5.15. The summed E-state index contributed by atoms with van der Waals surface area (Å²) in [5, 5.41) is 7.44. The summed E-state index contributed by atoms with van der Waals surface area (Å²) in [5.41, 5.74) is 5.46. The smallest absolute Gasteiger partial charge is 0.272 e. The molecule has 0 aliphatic carbocycles. The van der Waals surface area contributed by atoms with Crippen LogP contribution in [0.1, 0.15) is 32.9 Å². The second-order valence-corrected chi connectivity index (χ2v) is 7.58. The number of rotatable bonds is 6. The van der Waals surface area contributed by atoms with Crippen molar-refractivity contribution in [3.8, 4) is 0 Å². The van der Waals surface area contributed by atoms with Crippen LogP contribution >= 0.6 is 0 Å². The van der Waals surface area contributed by atoms with E-state index in [1.54, 1.807) is 10.6 Å². The van der Waals surface area contributed by atoms with E-state index in [-0.39, 0.29) is 5.91 Å². The Morgan fingerprint density at radius 1 is 1.03 bits per heavy atom. The largest absolute Gasteiger partial charge is 0.354 e. The molecule has 0 saturated heterocycles. The fourth-order valence-electron chi connectivity index (χ4n) is 3.39. The van der Waals surface area contributed by atoms with Gasteiger partial charge in [0.2, 0.25) is 0 Å². The lowest BCUT2D eigenvalue weighted by molar-refractivity contribution is 0.0945. The highest BCUT2D eigenvalue weighted by Crippen LogP contribution is 2.22. The van der Waals surface area contributed by atoms with Crippen LogP contribution in [0.2, 0.25) is 0 Å². The van der Waals surface area contributed by atoms with Crippen LogP contribution in [-0.2, 0) is 13.1 Å². The van der Waals surface area contributed by atoms with E-state index >= 15 is 0 Å². The number of fused-ring (bicyclic) bond motifs is 1. The maximum absolute atomic E-state index is 12.7. The number of carbonyl (C=O) groups is 1. The Morgan fingerprint density at radius 3 is 2.50 bits per heavy atom. The lowest BCUT2D eigenvalue weighted by Crippen LogP contribution is -2.23. The molecule has 0 unspecified atom stereocenters. The lowest BCUT2D eigenvalue weighted by Gasteiger charge is -2.19. The topological polar surface area (TPSA) is 62.5 Å². The van der Waals surface area contributed by atoms with Crippen molar-refractivity contribution in [3.05, 3.63) is 94.9 Å². The fraction of sp³-hybridized carbons (Fsp3) is 0.208. The number of hydrogen-bond donors (Lipinski definition) is 1. The molecule has 0 spiro atoms. The number of anilines is 1. The minimum atomic E-state index is -0.200. The highest BCUT2D eigenvalue weighted by atomic mass is 16.1. The van der Waals surface area contributed by atoms with Gasteiger partial charge in [-0.15, -0.1) is 0 Å². The minimum absolute atomic E-state index is 0.200. The Hall–Kier alpha value is -3.67. The molecule has 1 amide bonds. The van der Waals surface area contributed by atoms with Crippen LogP contribution in [-0.4, -0.2) is 27.6 Å². The first kappa shape index (κ1) is 19.6. The van der Waals surface area contributed by atoms with E-state index in [4.69, 9.17) is 4.98 Å². The zero-order chi connectivity index (χ0) is 21.1. The molecular formula is C24H25N5O. The highest BCUT2D eigenvalue weighted by Gasteiger charge is 2.16. The van der Waals surface area contributed by atoms with Gasteiger partial charge in [-0.2, -0.15) is 5.10 Å². The van der Waals surface area contributed by atoms with Gasteiger partial charge in [0.15, 0.2) is 11.5 Å². The number of amides is 1. The third-order valence-corrected chi connectivity index (χ3v) is 4.99. The summed E-state index contributed by atoms with van der Waals surface area (Å²) >= 11 is 0. The molecule has 1 N–H and O–H groups in total. The van der Waals surface area contributed by atoms with Gasteiger partial charge >= 0.3 is 0 Å². The van der Waals surface area contributed by atoms with Gasteiger partial charge in [-0.3, -0.25) is 4.79 Å². The Balaban J connectivity index is 1.56. The highest BCUT2D eigenvalue weighted by molar-refractivity contribution is 5.94. The molecule has 152 valence electrons. The van der Waals surface area contributed by atoms with Crippen LogP contribution in [0.25, 0.3) is 5.52 Å². The molecule has 0 atom stereocenters. The van der Waals surface area contributed by atoms with E-state index in [0.717, 1.165) is 22.6 Å². The molecule has 0 aliphatic rings. The van der Waals surface area contributed by atoms with Crippen molar-refractivity contribution < 1.29 is 4.79 Å². The Labute approximate surface area is 176 Å². The average Bonchev–Trinajstić information content (AvgIpc) is 3.17. The molecule has 0 radical (unpaired) electrons. The number of benzene rings is 2. The SMILES string of the molecule is Cc1ccc(CNC(=O)c2cc3c(N(C)Cc4ccccc4)nc(C)cn3n2)cc1. The van der Waals surface area contributed by atoms with Gasteiger partial charge in [0, 0.05) is 26.2 Å². The number of hydrogen-bond acceptors (Lipinski definition) is 4. The monoisotopic (exact) mass is 399 g/mol. The van der Waals surface area contributed by atoms with Crippen LogP contribution in [0.4, 0.5) is 5.82 Å². The van der Waals surface area contributed by atoms with E-state index in [1.807, 2.05) is 69.6 Å². The third-order valence-electron chi connectivity index (χ3n) is 4.99. The molecule has 6 nitrogen and oxygen atoms in total. The number of nitrogens with one attached hydrogen (secondary N) is 1. The Bertz CT molecular complexity index is 1170. The van der Waals surface area contributed by atoms with Gasteiger partial charge in [-0.25, -0.2) is 9.50 Å². The molecule has 2 aromatic carbocycles. The second-order valence-electron chi connectivity index (χ2n) is 7.58. The summed E-state index contributed by atoms with van der Waals surface area (Å²) in [4.78, 5) is 19.5. The van der Waals surface area contributed by atoms with Crippen LogP contribution in [0.5, 0.6) is 0 Å². The van der Waals surface area contributed by atoms with Crippen molar-refractivity contribution in [3.63, 3.8) is 0 Å². The zero-order valence-corrected chi connectivity index (χ0v) is 17.5. The lowest BCUT2D eigenvalue weighted by atomic mass is 10.1. The van der Waals surface area contributed by atoms with Crippen LogP contribution in [0.3, 0.4) is 0 Å². The second kappa shape index (κ2) is 8.37. The van der Waals surface area contributed by atoms with Crippen molar-refractivity contribution in [1.82, 2.24) is 19.9 Å². The van der Waals surface area contributed by atoms with Gasteiger partial charge < -0.3 is 10.2 Å². The Morgan fingerprint density at radius 2 is 1.77 bits per heavy atom. The fourth-order valence-corrected chi connectivity index (χ4v) is 3.39. The van der Waals surface area contributed by atoms with Crippen molar-refractivity contribution in [2.24, 2.45) is 0 Å². The predicted molar refractivity (Wildman–Crippen MR) is 119 cm³/mol. The minimum Gasteiger partial charge on any atom is -0.354 e. The average molecular weight is 399 g/mol. The van der Waals surface area contributed by atoms with E-state index in [9.17, 15) is 4.79 Å². The molecule has 0 fully saturated rings. The molecular weight excluding hydrogens is 374 g/mol. The molecule has 0 aliphatic heterocycles. The molecule has 0 bridgehead atoms. The molecule has 30 heavy (non-hydrogen) atoms. The van der Waals surface area contributed by atoms with Gasteiger partial charge in [0.05, 0.1) is 11.9 Å². The van der Waals surface area contributed by atoms with Crippen LogP contribution < -0.4 is 10.2 Å². The maximum Gasteiger partial charge on any atom is 0.272 e. The van der Waals surface area contributed by atoms with Crippen molar-refractivity contribution in [2.45, 2.75) is 26.9 Å². The summed E-state index contributed by atoms with van der Waals surface area (Å²) in [5.74, 6) is 0.595. The molecule has 6 heteroatoms. The molecule has 2 aromatic heterocycles. The van der Waals surface area contributed by atoms with E-state index in [1.165, 1.54) is 11.1 Å². The van der Waals surface area contributed by atoms with Gasteiger partial charge in [0.1, 0.15) is 5.52 Å². The van der Waals surface area contributed by atoms with Gasteiger partial charge in [-0.05, 0) is 25.0 Å². The molecule has 0 saturated carbocycles. The first-order chi connectivity index (χ1) is 14.5. The van der Waals surface area contributed by atoms with E-state index < -0.39 is 0 Å². The van der Waals surface area contributed by atoms with E-state index in [2.05, 4.69) is 27.4 Å². The number of carbonyl (C=O) groups excluding carboxylic acids is 1. The standard InChI is InChI=1S/C24H25N5O/c1-17-9-11-19(12-10-17)14-25-24(30)21-13-22-23(26-18(2)15-29(22)27-21)28(3)16-20-7-5-4-6-8-20/h4-13,15H,14,16H2,1-3H3,(H,25,30). The maximum atomic E-state index is 12.7. The summed E-state index contributed by atoms with van der Waals surface area (Å²) < 4.78 is 1.74. The van der Waals surface area contributed by atoms with Gasteiger partial charge in [-0.1, -0.05) is 60.2 Å². The predicted octanol–water partition coefficient (Wildman–Crippen LogP) is 3.91. The summed E-state index contributed by atoms with van der Waals surface area (Å²) in [7, 11) is 2.00. The van der Waals surface area contributed by atoms with Crippen molar-refractivity contribution >= 4 is 17.2 Å². The first-order valence-electron chi connectivity index (χ1n) is 9.95. The van der Waals surface area contributed by atoms with Gasteiger partial charge in [0.25, 0.3) is 5.91 Å². The quantitative estimate of drug-likeness (QED) is 0.534.